The average molecular weight is 240 g/mol. The highest BCUT2D eigenvalue weighted by atomic mass is 16.5. The summed E-state index contributed by atoms with van der Waals surface area (Å²) in [6, 6.07) is 0.822. The molecule has 2 aliphatic rings. The van der Waals surface area contributed by atoms with Crippen LogP contribution in [0, 0.1) is 0 Å². The Balaban J connectivity index is 1.59. The lowest BCUT2D eigenvalue weighted by molar-refractivity contribution is 0.0978. The maximum atomic E-state index is 5.67. The first-order valence-corrected chi connectivity index (χ1v) is 7.46. The van der Waals surface area contributed by atoms with Gasteiger partial charge in [0.15, 0.2) is 0 Å². The van der Waals surface area contributed by atoms with E-state index in [1.54, 1.807) is 0 Å². The standard InChI is InChI=1S/C14H28N2O/c15-9-1-5-13-6-2-10-16(13)11-3-7-14-8-4-12-17-14/h13-14H,1-12,15H2. The number of nitrogens with zero attached hydrogens (tertiary/aromatic N) is 1. The Bertz CT molecular complexity index is 204. The van der Waals surface area contributed by atoms with Gasteiger partial charge in [0, 0.05) is 12.6 Å². The molecule has 2 heterocycles. The molecule has 0 saturated carbocycles. The fourth-order valence-corrected chi connectivity index (χ4v) is 3.26. The van der Waals surface area contributed by atoms with Crippen LogP contribution in [0.5, 0.6) is 0 Å². The van der Waals surface area contributed by atoms with E-state index < -0.39 is 0 Å². The Kier molecular flexibility index (Phi) is 5.75. The van der Waals surface area contributed by atoms with Crippen LogP contribution in [0.25, 0.3) is 0 Å². The average Bonchev–Trinajstić information content (AvgIpc) is 2.98. The zero-order chi connectivity index (χ0) is 11.9. The minimum absolute atomic E-state index is 0.570. The van der Waals surface area contributed by atoms with Gasteiger partial charge in [-0.2, -0.15) is 0 Å². The number of likely N-dealkylation sites (tertiary alicyclic amines) is 1. The maximum absolute atomic E-state index is 5.67. The normalized spacial score (nSPS) is 30.2. The Hall–Kier alpha value is -0.120. The first kappa shape index (κ1) is 13.3. The number of ether oxygens (including phenoxy) is 1. The summed E-state index contributed by atoms with van der Waals surface area (Å²) in [5.74, 6) is 0. The van der Waals surface area contributed by atoms with E-state index in [4.69, 9.17) is 10.5 Å². The predicted octanol–water partition coefficient (Wildman–Crippen LogP) is 2.15. The van der Waals surface area contributed by atoms with Gasteiger partial charge in [0.05, 0.1) is 6.10 Å². The fourth-order valence-electron chi connectivity index (χ4n) is 3.26. The van der Waals surface area contributed by atoms with E-state index in [1.165, 1.54) is 64.5 Å². The van der Waals surface area contributed by atoms with Crippen LogP contribution in [0.1, 0.15) is 51.4 Å². The van der Waals surface area contributed by atoms with Gasteiger partial charge in [-0.3, -0.25) is 0 Å². The van der Waals surface area contributed by atoms with Crippen molar-refractivity contribution in [3.8, 4) is 0 Å². The summed E-state index contributed by atoms with van der Waals surface area (Å²) in [7, 11) is 0. The van der Waals surface area contributed by atoms with Crippen molar-refractivity contribution in [1.82, 2.24) is 4.90 Å². The predicted molar refractivity (Wildman–Crippen MR) is 71.1 cm³/mol. The van der Waals surface area contributed by atoms with Gasteiger partial charge < -0.3 is 15.4 Å². The van der Waals surface area contributed by atoms with Gasteiger partial charge in [-0.25, -0.2) is 0 Å². The number of nitrogens with two attached hydrogens (primary N) is 1. The van der Waals surface area contributed by atoms with Gasteiger partial charge in [-0.15, -0.1) is 0 Å². The van der Waals surface area contributed by atoms with Gasteiger partial charge in [0.25, 0.3) is 0 Å². The molecule has 0 aromatic carbocycles. The van der Waals surface area contributed by atoms with Gasteiger partial charge in [-0.05, 0) is 71.0 Å². The summed E-state index contributed by atoms with van der Waals surface area (Å²) in [6.45, 7) is 4.42. The lowest BCUT2D eigenvalue weighted by atomic mass is 10.1. The molecule has 2 fully saturated rings. The van der Waals surface area contributed by atoms with E-state index in [9.17, 15) is 0 Å². The highest BCUT2D eigenvalue weighted by molar-refractivity contribution is 4.79. The van der Waals surface area contributed by atoms with Crippen LogP contribution in [-0.4, -0.2) is 43.3 Å². The molecule has 0 radical (unpaired) electrons. The van der Waals surface area contributed by atoms with Crippen molar-refractivity contribution in [2.75, 3.05) is 26.2 Å². The molecule has 3 nitrogen and oxygen atoms in total. The third kappa shape index (κ3) is 4.23. The van der Waals surface area contributed by atoms with Crippen molar-refractivity contribution in [3.63, 3.8) is 0 Å². The minimum atomic E-state index is 0.570. The molecule has 17 heavy (non-hydrogen) atoms. The van der Waals surface area contributed by atoms with Crippen LogP contribution in [0.15, 0.2) is 0 Å². The Labute approximate surface area is 106 Å². The monoisotopic (exact) mass is 240 g/mol. The van der Waals surface area contributed by atoms with Gasteiger partial charge in [0.1, 0.15) is 0 Å². The second-order valence-corrected chi connectivity index (χ2v) is 5.54. The molecular weight excluding hydrogens is 212 g/mol. The molecule has 2 aliphatic heterocycles. The van der Waals surface area contributed by atoms with Crippen molar-refractivity contribution in [2.24, 2.45) is 5.73 Å². The van der Waals surface area contributed by atoms with Crippen LogP contribution in [0.3, 0.4) is 0 Å². The summed E-state index contributed by atoms with van der Waals surface area (Å²) in [5.41, 5.74) is 5.60. The third-order valence-corrected chi connectivity index (χ3v) is 4.24. The first-order chi connectivity index (χ1) is 8.40. The van der Waals surface area contributed by atoms with Crippen molar-refractivity contribution in [2.45, 2.75) is 63.5 Å². The van der Waals surface area contributed by atoms with E-state index in [0.29, 0.717) is 6.10 Å². The molecule has 0 aromatic rings. The van der Waals surface area contributed by atoms with E-state index in [0.717, 1.165) is 19.2 Å². The van der Waals surface area contributed by atoms with E-state index in [2.05, 4.69) is 4.90 Å². The fraction of sp³-hybridized carbons (Fsp3) is 1.00. The van der Waals surface area contributed by atoms with Crippen LogP contribution < -0.4 is 5.73 Å². The first-order valence-electron chi connectivity index (χ1n) is 7.46. The van der Waals surface area contributed by atoms with Gasteiger partial charge in [0.2, 0.25) is 0 Å². The highest BCUT2D eigenvalue weighted by Gasteiger charge is 2.23. The number of hydrogen-bond acceptors (Lipinski definition) is 3. The molecule has 100 valence electrons. The lowest BCUT2D eigenvalue weighted by Crippen LogP contribution is -2.31. The van der Waals surface area contributed by atoms with Crippen LogP contribution in [-0.2, 0) is 4.74 Å². The van der Waals surface area contributed by atoms with Crippen molar-refractivity contribution in [1.29, 1.82) is 0 Å². The van der Waals surface area contributed by atoms with Crippen LogP contribution in [0.4, 0.5) is 0 Å². The molecule has 3 heteroatoms. The minimum Gasteiger partial charge on any atom is -0.378 e. The van der Waals surface area contributed by atoms with E-state index >= 15 is 0 Å². The van der Waals surface area contributed by atoms with Crippen molar-refractivity contribution >= 4 is 0 Å². The topological polar surface area (TPSA) is 38.5 Å². The molecule has 0 aromatic heterocycles. The Morgan fingerprint density at radius 3 is 2.82 bits per heavy atom. The second kappa shape index (κ2) is 7.34. The number of rotatable bonds is 7. The zero-order valence-corrected chi connectivity index (χ0v) is 11.1. The second-order valence-electron chi connectivity index (χ2n) is 5.54. The van der Waals surface area contributed by atoms with Crippen molar-refractivity contribution < 1.29 is 4.74 Å². The lowest BCUT2D eigenvalue weighted by Gasteiger charge is -2.24. The van der Waals surface area contributed by atoms with E-state index in [1.807, 2.05) is 0 Å². The smallest absolute Gasteiger partial charge is 0.0576 e. The molecule has 2 saturated heterocycles. The highest BCUT2D eigenvalue weighted by Crippen LogP contribution is 2.23. The largest absolute Gasteiger partial charge is 0.378 e. The van der Waals surface area contributed by atoms with Gasteiger partial charge >= 0.3 is 0 Å². The zero-order valence-electron chi connectivity index (χ0n) is 11.1. The van der Waals surface area contributed by atoms with Crippen LogP contribution >= 0.6 is 0 Å². The summed E-state index contributed by atoms with van der Waals surface area (Å²) in [4.78, 5) is 2.69. The molecule has 0 amide bonds. The molecule has 0 spiro atoms. The molecule has 2 rings (SSSR count). The molecule has 0 aliphatic carbocycles. The van der Waals surface area contributed by atoms with Gasteiger partial charge in [-0.1, -0.05) is 0 Å². The van der Waals surface area contributed by atoms with E-state index in [-0.39, 0.29) is 0 Å². The maximum Gasteiger partial charge on any atom is 0.0576 e. The van der Waals surface area contributed by atoms with Crippen molar-refractivity contribution in [3.05, 3.63) is 0 Å². The SMILES string of the molecule is NCCCC1CCCN1CCCC1CCCO1. The third-order valence-electron chi connectivity index (χ3n) is 4.24. The summed E-state index contributed by atoms with van der Waals surface area (Å²) in [5, 5.41) is 0. The summed E-state index contributed by atoms with van der Waals surface area (Å²) >= 11 is 0. The number of hydrogen-bond donors (Lipinski definition) is 1. The Morgan fingerprint density at radius 1 is 1.12 bits per heavy atom. The Morgan fingerprint density at radius 2 is 2.06 bits per heavy atom. The summed E-state index contributed by atoms with van der Waals surface area (Å²) in [6.07, 6.45) is 11.0. The molecule has 0 bridgehead atoms. The molecule has 2 atom stereocenters. The summed E-state index contributed by atoms with van der Waals surface area (Å²) < 4.78 is 5.67. The quantitative estimate of drug-likeness (QED) is 0.741. The molecule has 2 unspecified atom stereocenters. The molecular formula is C14H28N2O. The molecule has 2 N–H and O–H groups in total. The van der Waals surface area contributed by atoms with Crippen LogP contribution in [0.2, 0.25) is 0 Å².